The summed E-state index contributed by atoms with van der Waals surface area (Å²) < 4.78 is 2.87. The molecule has 0 amide bonds. The Morgan fingerprint density at radius 1 is 1.25 bits per heavy atom. The second kappa shape index (κ2) is 5.25. The molecule has 20 heavy (non-hydrogen) atoms. The van der Waals surface area contributed by atoms with Gasteiger partial charge in [0.1, 0.15) is 0 Å². The topological polar surface area (TPSA) is 42.2 Å². The Balaban J connectivity index is 1.85. The predicted molar refractivity (Wildman–Crippen MR) is 83.9 cm³/mol. The summed E-state index contributed by atoms with van der Waals surface area (Å²) in [5.41, 5.74) is 3.20. The van der Waals surface area contributed by atoms with Gasteiger partial charge in [0.05, 0.1) is 6.04 Å². The summed E-state index contributed by atoms with van der Waals surface area (Å²) in [5, 5.41) is 7.77. The van der Waals surface area contributed by atoms with Crippen LogP contribution < -0.4 is 5.32 Å². The maximum Gasteiger partial charge on any atom is 0.243 e. The molecule has 0 saturated carbocycles. The van der Waals surface area contributed by atoms with Crippen LogP contribution >= 0.6 is 15.9 Å². The minimum atomic E-state index is 0.144. The first kappa shape index (κ1) is 13.1. The standard InChI is InChI=1S/C15H15BrN4/c1-10-6-7-14-18-15(19-20(14)9-10)17-11(2)12-4-3-5-13(16)8-12/h3-9,11H,1-2H3,(H,17,19). The quantitative estimate of drug-likeness (QED) is 0.789. The van der Waals surface area contributed by atoms with Crippen molar-refractivity contribution in [3.8, 4) is 0 Å². The molecule has 0 radical (unpaired) electrons. The molecule has 4 nitrogen and oxygen atoms in total. The van der Waals surface area contributed by atoms with E-state index in [9.17, 15) is 0 Å². The fourth-order valence-corrected chi connectivity index (χ4v) is 2.52. The van der Waals surface area contributed by atoms with Gasteiger partial charge in [-0.3, -0.25) is 0 Å². The van der Waals surface area contributed by atoms with E-state index in [-0.39, 0.29) is 6.04 Å². The van der Waals surface area contributed by atoms with E-state index in [1.807, 2.05) is 37.4 Å². The Hall–Kier alpha value is -1.88. The average molecular weight is 331 g/mol. The van der Waals surface area contributed by atoms with E-state index in [2.05, 4.69) is 50.4 Å². The summed E-state index contributed by atoms with van der Waals surface area (Å²) in [6.07, 6.45) is 1.97. The van der Waals surface area contributed by atoms with Gasteiger partial charge in [0.2, 0.25) is 5.95 Å². The molecule has 0 bridgehead atoms. The van der Waals surface area contributed by atoms with Crippen LogP contribution in [0.2, 0.25) is 0 Å². The number of aryl methyl sites for hydroxylation is 1. The third kappa shape index (κ3) is 2.67. The molecule has 2 heterocycles. The summed E-state index contributed by atoms with van der Waals surface area (Å²) in [6, 6.07) is 12.4. The highest BCUT2D eigenvalue weighted by atomic mass is 79.9. The van der Waals surface area contributed by atoms with Crippen LogP contribution in [0.4, 0.5) is 5.95 Å². The fraction of sp³-hybridized carbons (Fsp3) is 0.200. The molecule has 0 fully saturated rings. The maximum absolute atomic E-state index is 4.47. The van der Waals surface area contributed by atoms with Crippen LogP contribution in [0.3, 0.4) is 0 Å². The van der Waals surface area contributed by atoms with Crippen molar-refractivity contribution < 1.29 is 0 Å². The summed E-state index contributed by atoms with van der Waals surface area (Å²) in [5.74, 6) is 0.642. The largest absolute Gasteiger partial charge is 0.346 e. The average Bonchev–Trinajstić information content (AvgIpc) is 2.80. The monoisotopic (exact) mass is 330 g/mol. The molecule has 2 aromatic heterocycles. The summed E-state index contributed by atoms with van der Waals surface area (Å²) >= 11 is 3.49. The van der Waals surface area contributed by atoms with Crippen LogP contribution in [0.25, 0.3) is 5.65 Å². The van der Waals surface area contributed by atoms with Crippen molar-refractivity contribution in [1.29, 1.82) is 0 Å². The van der Waals surface area contributed by atoms with Crippen molar-refractivity contribution in [2.24, 2.45) is 0 Å². The number of hydrogen-bond acceptors (Lipinski definition) is 3. The van der Waals surface area contributed by atoms with Crippen molar-refractivity contribution in [3.05, 3.63) is 58.2 Å². The normalized spacial score (nSPS) is 12.6. The first-order chi connectivity index (χ1) is 9.61. The minimum absolute atomic E-state index is 0.144. The maximum atomic E-state index is 4.47. The van der Waals surface area contributed by atoms with Crippen LogP contribution in [0.5, 0.6) is 0 Å². The first-order valence-corrected chi connectivity index (χ1v) is 7.26. The van der Waals surface area contributed by atoms with Gasteiger partial charge in [0.15, 0.2) is 5.65 Å². The zero-order chi connectivity index (χ0) is 14.1. The number of nitrogens with zero attached hydrogens (tertiary/aromatic N) is 3. The number of anilines is 1. The van der Waals surface area contributed by atoms with E-state index in [0.717, 1.165) is 15.7 Å². The fourth-order valence-electron chi connectivity index (χ4n) is 2.10. The van der Waals surface area contributed by atoms with Gasteiger partial charge >= 0.3 is 0 Å². The minimum Gasteiger partial charge on any atom is -0.346 e. The number of pyridine rings is 1. The molecule has 5 heteroatoms. The first-order valence-electron chi connectivity index (χ1n) is 6.47. The number of fused-ring (bicyclic) bond motifs is 1. The lowest BCUT2D eigenvalue weighted by Crippen LogP contribution is -2.07. The van der Waals surface area contributed by atoms with Crippen LogP contribution in [-0.4, -0.2) is 14.6 Å². The Labute approximate surface area is 126 Å². The molecule has 0 spiro atoms. The van der Waals surface area contributed by atoms with Gasteiger partial charge in [-0.15, -0.1) is 5.10 Å². The number of nitrogens with one attached hydrogen (secondary N) is 1. The molecule has 1 atom stereocenters. The third-order valence-corrected chi connectivity index (χ3v) is 3.67. The molecule has 3 aromatic rings. The summed E-state index contributed by atoms with van der Waals surface area (Å²) in [4.78, 5) is 4.47. The van der Waals surface area contributed by atoms with Gasteiger partial charge in [-0.05, 0) is 43.2 Å². The Kier molecular flexibility index (Phi) is 3.44. The van der Waals surface area contributed by atoms with Gasteiger partial charge in [-0.2, -0.15) is 4.98 Å². The lowest BCUT2D eigenvalue weighted by molar-refractivity contribution is 0.851. The SMILES string of the molecule is Cc1ccc2nc(NC(C)c3cccc(Br)c3)nn2c1. The molecule has 0 aliphatic heterocycles. The van der Waals surface area contributed by atoms with Crippen molar-refractivity contribution in [2.75, 3.05) is 5.32 Å². The molecule has 1 aromatic carbocycles. The highest BCUT2D eigenvalue weighted by Gasteiger charge is 2.09. The molecular weight excluding hydrogens is 316 g/mol. The Morgan fingerprint density at radius 3 is 2.90 bits per heavy atom. The zero-order valence-corrected chi connectivity index (χ0v) is 12.9. The van der Waals surface area contributed by atoms with Crippen LogP contribution in [0.1, 0.15) is 24.1 Å². The molecule has 0 saturated heterocycles. The van der Waals surface area contributed by atoms with Gasteiger partial charge in [-0.1, -0.05) is 34.1 Å². The van der Waals surface area contributed by atoms with Crippen molar-refractivity contribution >= 4 is 27.5 Å². The molecule has 3 rings (SSSR count). The molecule has 0 aliphatic rings. The summed E-state index contributed by atoms with van der Waals surface area (Å²) in [6.45, 7) is 4.14. The summed E-state index contributed by atoms with van der Waals surface area (Å²) in [7, 11) is 0. The van der Waals surface area contributed by atoms with E-state index in [0.29, 0.717) is 5.95 Å². The lowest BCUT2D eigenvalue weighted by atomic mass is 10.1. The van der Waals surface area contributed by atoms with E-state index in [4.69, 9.17) is 0 Å². The highest BCUT2D eigenvalue weighted by molar-refractivity contribution is 9.10. The van der Waals surface area contributed by atoms with Crippen LogP contribution in [-0.2, 0) is 0 Å². The third-order valence-electron chi connectivity index (χ3n) is 3.17. The number of halogens is 1. The predicted octanol–water partition coefficient (Wildman–Crippen LogP) is 3.97. The van der Waals surface area contributed by atoms with Gasteiger partial charge < -0.3 is 5.32 Å². The van der Waals surface area contributed by atoms with Crippen molar-refractivity contribution in [2.45, 2.75) is 19.9 Å². The molecule has 1 unspecified atom stereocenters. The number of hydrogen-bond donors (Lipinski definition) is 1. The van der Waals surface area contributed by atoms with Gasteiger partial charge in [0, 0.05) is 10.7 Å². The van der Waals surface area contributed by atoms with E-state index in [1.165, 1.54) is 5.56 Å². The van der Waals surface area contributed by atoms with Crippen molar-refractivity contribution in [1.82, 2.24) is 14.6 Å². The zero-order valence-electron chi connectivity index (χ0n) is 11.3. The molecule has 0 aliphatic carbocycles. The van der Waals surface area contributed by atoms with E-state index < -0.39 is 0 Å². The van der Waals surface area contributed by atoms with Crippen molar-refractivity contribution in [3.63, 3.8) is 0 Å². The Morgan fingerprint density at radius 2 is 2.10 bits per heavy atom. The van der Waals surface area contributed by atoms with E-state index in [1.54, 1.807) is 4.52 Å². The molecule has 102 valence electrons. The smallest absolute Gasteiger partial charge is 0.243 e. The molecule has 1 N–H and O–H groups in total. The lowest BCUT2D eigenvalue weighted by Gasteiger charge is -2.12. The number of aromatic nitrogens is 3. The second-order valence-corrected chi connectivity index (χ2v) is 5.78. The highest BCUT2D eigenvalue weighted by Crippen LogP contribution is 2.21. The Bertz CT molecular complexity index is 750. The van der Waals surface area contributed by atoms with E-state index >= 15 is 0 Å². The van der Waals surface area contributed by atoms with Gasteiger partial charge in [-0.25, -0.2) is 4.52 Å². The molecular formula is C15H15BrN4. The van der Waals surface area contributed by atoms with Gasteiger partial charge in [0.25, 0.3) is 0 Å². The second-order valence-electron chi connectivity index (χ2n) is 4.87. The number of benzene rings is 1. The van der Waals surface area contributed by atoms with Crippen LogP contribution in [0.15, 0.2) is 47.1 Å². The van der Waals surface area contributed by atoms with Crippen LogP contribution in [0, 0.1) is 6.92 Å². The number of rotatable bonds is 3.